The summed E-state index contributed by atoms with van der Waals surface area (Å²) in [6, 6.07) is 15.9. The molecule has 2 heterocycles. The molecular weight excluding hydrogens is 392 g/mol. The van der Waals surface area contributed by atoms with E-state index in [4.69, 9.17) is 9.26 Å². The second-order valence-electron chi connectivity index (χ2n) is 7.69. The quantitative estimate of drug-likeness (QED) is 0.594. The summed E-state index contributed by atoms with van der Waals surface area (Å²) < 4.78 is 10.7. The van der Waals surface area contributed by atoms with Crippen molar-refractivity contribution in [3.63, 3.8) is 0 Å². The van der Waals surface area contributed by atoms with E-state index in [0.717, 1.165) is 30.0 Å². The first-order chi connectivity index (χ1) is 15.2. The average Bonchev–Trinajstić information content (AvgIpc) is 3.31. The number of nitrogens with zero attached hydrogens (tertiary/aromatic N) is 3. The summed E-state index contributed by atoms with van der Waals surface area (Å²) in [6.45, 7) is 2.65. The van der Waals surface area contributed by atoms with Gasteiger partial charge in [-0.3, -0.25) is 4.79 Å². The van der Waals surface area contributed by atoms with E-state index in [9.17, 15) is 4.79 Å². The molecule has 1 aromatic heterocycles. The Balaban J connectivity index is 1.28. The van der Waals surface area contributed by atoms with E-state index in [1.165, 1.54) is 24.9 Å². The highest BCUT2D eigenvalue weighted by Gasteiger charge is 2.14. The van der Waals surface area contributed by atoms with Crippen LogP contribution < -0.4 is 15.0 Å². The smallest absolute Gasteiger partial charge is 0.227 e. The standard InChI is InChI=1S/C24H28N4O3/c1-30-21-8-4-3-7-19(21)17-25-22(29)13-14-23-26-24(27-31-23)18-9-11-20(12-10-18)28-15-5-2-6-16-28/h3-4,7-12H,2,5-6,13-17H2,1H3,(H,25,29). The van der Waals surface area contributed by atoms with Gasteiger partial charge in [-0.25, -0.2) is 0 Å². The van der Waals surface area contributed by atoms with Gasteiger partial charge in [0, 0.05) is 49.3 Å². The second-order valence-corrected chi connectivity index (χ2v) is 7.69. The number of rotatable bonds is 8. The van der Waals surface area contributed by atoms with Crippen molar-refractivity contribution >= 4 is 11.6 Å². The molecule has 7 nitrogen and oxygen atoms in total. The Morgan fingerprint density at radius 1 is 1.10 bits per heavy atom. The van der Waals surface area contributed by atoms with Crippen LogP contribution >= 0.6 is 0 Å². The van der Waals surface area contributed by atoms with Gasteiger partial charge in [-0.2, -0.15) is 4.98 Å². The number of benzene rings is 2. The largest absolute Gasteiger partial charge is 0.496 e. The molecule has 1 N–H and O–H groups in total. The summed E-state index contributed by atoms with van der Waals surface area (Å²) in [5.41, 5.74) is 3.08. The molecule has 162 valence electrons. The van der Waals surface area contributed by atoms with Crippen molar-refractivity contribution in [3.8, 4) is 17.1 Å². The van der Waals surface area contributed by atoms with Gasteiger partial charge in [0.25, 0.3) is 0 Å². The fraction of sp³-hybridized carbons (Fsp3) is 0.375. The maximum absolute atomic E-state index is 12.2. The van der Waals surface area contributed by atoms with Gasteiger partial charge in [-0.15, -0.1) is 0 Å². The zero-order valence-electron chi connectivity index (χ0n) is 17.8. The SMILES string of the molecule is COc1ccccc1CNC(=O)CCc1nc(-c2ccc(N3CCCCC3)cc2)no1. The van der Waals surface area contributed by atoms with Crippen molar-refractivity contribution in [1.82, 2.24) is 15.5 Å². The lowest BCUT2D eigenvalue weighted by Crippen LogP contribution is -2.29. The molecule has 0 atom stereocenters. The lowest BCUT2D eigenvalue weighted by Gasteiger charge is -2.28. The second kappa shape index (κ2) is 10.1. The summed E-state index contributed by atoms with van der Waals surface area (Å²) in [5, 5.41) is 6.98. The van der Waals surface area contributed by atoms with Gasteiger partial charge in [0.2, 0.25) is 17.6 Å². The highest BCUT2D eigenvalue weighted by atomic mass is 16.5. The van der Waals surface area contributed by atoms with Crippen molar-refractivity contribution in [2.24, 2.45) is 0 Å². The number of aryl methyl sites for hydroxylation is 1. The van der Waals surface area contributed by atoms with Crippen molar-refractivity contribution in [1.29, 1.82) is 0 Å². The molecule has 1 fully saturated rings. The lowest BCUT2D eigenvalue weighted by atomic mass is 10.1. The maximum atomic E-state index is 12.2. The van der Waals surface area contributed by atoms with Crippen molar-refractivity contribution in [2.75, 3.05) is 25.1 Å². The molecule has 7 heteroatoms. The molecule has 4 rings (SSSR count). The Bertz CT molecular complexity index is 994. The van der Waals surface area contributed by atoms with Crippen LogP contribution in [-0.2, 0) is 17.8 Å². The number of piperidine rings is 1. The molecule has 1 amide bonds. The molecule has 1 saturated heterocycles. The maximum Gasteiger partial charge on any atom is 0.227 e. The van der Waals surface area contributed by atoms with E-state index >= 15 is 0 Å². The number of anilines is 1. The molecule has 1 aliphatic heterocycles. The third-order valence-corrected chi connectivity index (χ3v) is 5.55. The molecule has 2 aromatic carbocycles. The van der Waals surface area contributed by atoms with Gasteiger partial charge in [-0.05, 0) is 49.6 Å². The summed E-state index contributed by atoms with van der Waals surface area (Å²) in [4.78, 5) is 19.1. The van der Waals surface area contributed by atoms with Gasteiger partial charge >= 0.3 is 0 Å². The van der Waals surface area contributed by atoms with E-state index in [1.54, 1.807) is 7.11 Å². The third kappa shape index (κ3) is 5.42. The highest BCUT2D eigenvalue weighted by molar-refractivity contribution is 5.76. The monoisotopic (exact) mass is 420 g/mol. The van der Waals surface area contributed by atoms with Crippen LogP contribution in [-0.4, -0.2) is 36.2 Å². The zero-order valence-corrected chi connectivity index (χ0v) is 17.8. The van der Waals surface area contributed by atoms with Gasteiger partial charge in [0.1, 0.15) is 5.75 Å². The fourth-order valence-corrected chi connectivity index (χ4v) is 3.80. The van der Waals surface area contributed by atoms with Crippen LogP contribution in [0.25, 0.3) is 11.4 Å². The topological polar surface area (TPSA) is 80.5 Å². The number of para-hydroxylation sites is 1. The molecule has 3 aromatic rings. The molecular formula is C24H28N4O3. The Morgan fingerprint density at radius 3 is 2.65 bits per heavy atom. The summed E-state index contributed by atoms with van der Waals surface area (Å²) in [5.74, 6) is 1.70. The Morgan fingerprint density at radius 2 is 1.87 bits per heavy atom. The average molecular weight is 421 g/mol. The van der Waals surface area contributed by atoms with Crippen molar-refractivity contribution < 1.29 is 14.1 Å². The Kier molecular flexibility index (Phi) is 6.82. The number of carbonyl (C=O) groups is 1. The predicted molar refractivity (Wildman–Crippen MR) is 119 cm³/mol. The van der Waals surface area contributed by atoms with Crippen LogP contribution in [0.2, 0.25) is 0 Å². The summed E-state index contributed by atoms with van der Waals surface area (Å²) in [7, 11) is 1.62. The van der Waals surface area contributed by atoms with E-state index in [2.05, 4.69) is 32.5 Å². The summed E-state index contributed by atoms with van der Waals surface area (Å²) >= 11 is 0. The van der Waals surface area contributed by atoms with Crippen LogP contribution in [0.4, 0.5) is 5.69 Å². The van der Waals surface area contributed by atoms with E-state index < -0.39 is 0 Å². The van der Waals surface area contributed by atoms with Crippen LogP contribution in [0.3, 0.4) is 0 Å². The first-order valence-corrected chi connectivity index (χ1v) is 10.8. The zero-order chi connectivity index (χ0) is 21.5. The number of amides is 1. The van der Waals surface area contributed by atoms with E-state index in [-0.39, 0.29) is 12.3 Å². The minimum Gasteiger partial charge on any atom is -0.496 e. The molecule has 0 bridgehead atoms. The fourth-order valence-electron chi connectivity index (χ4n) is 3.80. The van der Waals surface area contributed by atoms with Gasteiger partial charge in [0.05, 0.1) is 7.11 Å². The number of hydrogen-bond acceptors (Lipinski definition) is 6. The predicted octanol–water partition coefficient (Wildman–Crippen LogP) is 3.98. The normalized spacial score (nSPS) is 13.8. The van der Waals surface area contributed by atoms with Gasteiger partial charge in [-0.1, -0.05) is 23.4 Å². The van der Waals surface area contributed by atoms with Gasteiger partial charge < -0.3 is 19.5 Å². The highest BCUT2D eigenvalue weighted by Crippen LogP contribution is 2.24. The van der Waals surface area contributed by atoms with E-state index in [1.807, 2.05) is 36.4 Å². The molecule has 0 aliphatic carbocycles. The van der Waals surface area contributed by atoms with Crippen molar-refractivity contribution in [2.45, 2.75) is 38.6 Å². The number of carbonyl (C=O) groups excluding carboxylic acids is 1. The van der Waals surface area contributed by atoms with Crippen LogP contribution in [0, 0.1) is 0 Å². The van der Waals surface area contributed by atoms with Crippen LogP contribution in [0.15, 0.2) is 53.1 Å². The number of hydrogen-bond donors (Lipinski definition) is 1. The Labute approximate surface area is 182 Å². The number of aromatic nitrogens is 2. The molecule has 1 aliphatic rings. The molecule has 0 unspecified atom stereocenters. The number of nitrogens with one attached hydrogen (secondary N) is 1. The summed E-state index contributed by atoms with van der Waals surface area (Å²) in [6.07, 6.45) is 4.50. The first kappa shape index (κ1) is 20.9. The van der Waals surface area contributed by atoms with Crippen LogP contribution in [0.1, 0.15) is 37.1 Å². The minimum absolute atomic E-state index is 0.0726. The number of methoxy groups -OCH3 is 1. The van der Waals surface area contributed by atoms with Gasteiger partial charge in [0.15, 0.2) is 0 Å². The molecule has 0 radical (unpaired) electrons. The van der Waals surface area contributed by atoms with Crippen LogP contribution in [0.5, 0.6) is 5.75 Å². The lowest BCUT2D eigenvalue weighted by molar-refractivity contribution is -0.121. The Hall–Kier alpha value is -3.35. The minimum atomic E-state index is -0.0726. The first-order valence-electron chi connectivity index (χ1n) is 10.8. The molecule has 0 spiro atoms. The molecule has 31 heavy (non-hydrogen) atoms. The third-order valence-electron chi connectivity index (χ3n) is 5.55. The molecule has 0 saturated carbocycles. The number of ether oxygens (including phenoxy) is 1. The van der Waals surface area contributed by atoms with Crippen molar-refractivity contribution in [3.05, 3.63) is 60.0 Å². The van der Waals surface area contributed by atoms with E-state index in [0.29, 0.717) is 24.7 Å².